The highest BCUT2D eigenvalue weighted by Gasteiger charge is 2.21. The van der Waals surface area contributed by atoms with Crippen molar-refractivity contribution >= 4 is 40.9 Å². The average Bonchev–Trinajstić information content (AvgIpc) is 2.74. The Balaban J connectivity index is 1.75. The lowest BCUT2D eigenvalue weighted by Gasteiger charge is -2.18. The number of hydrogen-bond acceptors (Lipinski definition) is 5. The summed E-state index contributed by atoms with van der Waals surface area (Å²) < 4.78 is 10.8. The second-order valence-electron chi connectivity index (χ2n) is 6.74. The fourth-order valence-corrected chi connectivity index (χ4v) is 3.92. The molecule has 0 saturated heterocycles. The lowest BCUT2D eigenvalue weighted by atomic mass is 10.1. The van der Waals surface area contributed by atoms with Gasteiger partial charge in [-0.3, -0.25) is 9.59 Å². The highest BCUT2D eigenvalue weighted by molar-refractivity contribution is 8.04. The van der Waals surface area contributed by atoms with Gasteiger partial charge in [-0.1, -0.05) is 41.4 Å². The summed E-state index contributed by atoms with van der Waals surface area (Å²) in [7, 11) is 1.46. The van der Waals surface area contributed by atoms with E-state index in [9.17, 15) is 9.59 Å². The number of thioether (sulfide) groups is 1. The summed E-state index contributed by atoms with van der Waals surface area (Å²) in [5.74, 6) is 0.977. The summed E-state index contributed by atoms with van der Waals surface area (Å²) in [5, 5.41) is 5.88. The van der Waals surface area contributed by atoms with Gasteiger partial charge in [0.25, 0.3) is 11.8 Å². The van der Waals surface area contributed by atoms with Gasteiger partial charge >= 0.3 is 0 Å². The number of benzene rings is 2. The molecule has 0 spiro atoms. The molecule has 0 aromatic heterocycles. The van der Waals surface area contributed by atoms with E-state index >= 15 is 0 Å². The summed E-state index contributed by atoms with van der Waals surface area (Å²) in [6, 6.07) is 10.9. The minimum Gasteiger partial charge on any atom is -0.496 e. The first kappa shape index (κ1) is 22.1. The molecule has 0 saturated carbocycles. The largest absolute Gasteiger partial charge is 0.496 e. The van der Waals surface area contributed by atoms with Gasteiger partial charge in [0, 0.05) is 18.4 Å². The number of carbonyl (C=O) groups excluding carboxylic acids is 2. The van der Waals surface area contributed by atoms with Gasteiger partial charge in [0.1, 0.15) is 16.4 Å². The monoisotopic (exact) mass is 446 g/mol. The van der Waals surface area contributed by atoms with E-state index in [4.69, 9.17) is 21.1 Å². The van der Waals surface area contributed by atoms with Gasteiger partial charge in [-0.2, -0.15) is 0 Å². The molecule has 2 aromatic rings. The molecule has 0 fully saturated rings. The zero-order chi connectivity index (χ0) is 21.7. The van der Waals surface area contributed by atoms with E-state index in [0.29, 0.717) is 46.6 Å². The third-order valence-corrected chi connectivity index (χ3v) is 5.97. The molecule has 0 bridgehead atoms. The van der Waals surface area contributed by atoms with Crippen LogP contribution in [0.5, 0.6) is 5.75 Å². The fourth-order valence-electron chi connectivity index (χ4n) is 2.89. The second-order valence-corrected chi connectivity index (χ2v) is 8.25. The fraction of sp³-hybridized carbons (Fsp3) is 0.273. The van der Waals surface area contributed by atoms with Crippen LogP contribution in [-0.2, 0) is 16.1 Å². The van der Waals surface area contributed by atoms with Crippen molar-refractivity contribution in [3.63, 3.8) is 0 Å². The van der Waals surface area contributed by atoms with Crippen molar-refractivity contribution in [2.45, 2.75) is 20.4 Å². The average molecular weight is 447 g/mol. The Morgan fingerprint density at radius 3 is 2.57 bits per heavy atom. The van der Waals surface area contributed by atoms with Gasteiger partial charge in [0.05, 0.1) is 30.0 Å². The van der Waals surface area contributed by atoms with E-state index in [-0.39, 0.29) is 16.8 Å². The Morgan fingerprint density at radius 1 is 1.17 bits per heavy atom. The summed E-state index contributed by atoms with van der Waals surface area (Å²) >= 11 is 7.78. The minimum atomic E-state index is -0.318. The van der Waals surface area contributed by atoms with E-state index in [1.807, 2.05) is 31.2 Å². The standard InChI is InChI=1S/C22H23ClN2O4S/c1-13-4-6-15(7-5-13)12-24-21(26)16-10-17(23)18(11-19(16)28-3)25-22(27)20-14(2)29-8-9-30-20/h4-7,10-11H,8-9,12H2,1-3H3,(H,24,26)(H,25,27). The van der Waals surface area contributed by atoms with E-state index < -0.39 is 0 Å². The molecule has 1 aliphatic heterocycles. The van der Waals surface area contributed by atoms with Gasteiger partial charge in [0.2, 0.25) is 0 Å². The molecule has 0 atom stereocenters. The van der Waals surface area contributed by atoms with Crippen LogP contribution in [-0.4, -0.2) is 31.3 Å². The summed E-state index contributed by atoms with van der Waals surface area (Å²) in [6.07, 6.45) is 0. The van der Waals surface area contributed by atoms with Crippen LogP contribution >= 0.6 is 23.4 Å². The summed E-state index contributed by atoms with van der Waals surface area (Å²) in [4.78, 5) is 25.8. The number of rotatable bonds is 6. The van der Waals surface area contributed by atoms with Crippen LogP contribution in [0.4, 0.5) is 5.69 Å². The first-order chi connectivity index (χ1) is 14.4. The molecule has 0 radical (unpaired) electrons. The van der Waals surface area contributed by atoms with Crippen LogP contribution in [0.1, 0.15) is 28.4 Å². The predicted octanol–water partition coefficient (Wildman–Crippen LogP) is 4.52. The molecule has 2 amide bonds. The van der Waals surface area contributed by atoms with Crippen molar-refractivity contribution < 1.29 is 19.1 Å². The predicted molar refractivity (Wildman–Crippen MR) is 120 cm³/mol. The number of halogens is 1. The molecule has 2 N–H and O–H groups in total. The number of nitrogens with one attached hydrogen (secondary N) is 2. The number of aryl methyl sites for hydroxylation is 1. The highest BCUT2D eigenvalue weighted by atomic mass is 35.5. The van der Waals surface area contributed by atoms with Crippen LogP contribution in [0.3, 0.4) is 0 Å². The van der Waals surface area contributed by atoms with Gasteiger partial charge in [-0.05, 0) is 25.5 Å². The van der Waals surface area contributed by atoms with Crippen molar-refractivity contribution in [3.8, 4) is 5.75 Å². The molecule has 0 unspecified atom stereocenters. The smallest absolute Gasteiger partial charge is 0.265 e. The SMILES string of the molecule is COc1cc(NC(=O)C2=C(C)OCCS2)c(Cl)cc1C(=O)NCc1ccc(C)cc1. The Bertz CT molecular complexity index is 989. The maximum absolute atomic E-state index is 12.7. The zero-order valence-electron chi connectivity index (χ0n) is 17.0. The maximum Gasteiger partial charge on any atom is 0.265 e. The molecular formula is C22H23ClN2O4S. The Hall–Kier alpha value is -2.64. The van der Waals surface area contributed by atoms with Crippen molar-refractivity contribution in [2.24, 2.45) is 0 Å². The number of ether oxygens (including phenoxy) is 2. The molecule has 158 valence electrons. The van der Waals surface area contributed by atoms with Crippen molar-refractivity contribution in [2.75, 3.05) is 24.8 Å². The lowest BCUT2D eigenvalue weighted by Crippen LogP contribution is -2.24. The van der Waals surface area contributed by atoms with Crippen molar-refractivity contribution in [3.05, 3.63) is 68.8 Å². The number of hydrogen-bond donors (Lipinski definition) is 2. The van der Waals surface area contributed by atoms with Gasteiger partial charge in [-0.15, -0.1) is 11.8 Å². The van der Waals surface area contributed by atoms with Gasteiger partial charge in [-0.25, -0.2) is 0 Å². The minimum absolute atomic E-state index is 0.240. The maximum atomic E-state index is 12.7. The molecule has 6 nitrogen and oxygen atoms in total. The molecule has 3 rings (SSSR count). The number of allylic oxidation sites excluding steroid dienone is 1. The Kier molecular flexibility index (Phi) is 7.29. The Labute approximate surface area is 185 Å². The topological polar surface area (TPSA) is 76.7 Å². The summed E-state index contributed by atoms with van der Waals surface area (Å²) in [6.45, 7) is 4.72. The number of amides is 2. The molecule has 1 heterocycles. The molecule has 30 heavy (non-hydrogen) atoms. The third-order valence-electron chi connectivity index (χ3n) is 4.53. The van der Waals surface area contributed by atoms with Gasteiger partial charge < -0.3 is 20.1 Å². The number of carbonyl (C=O) groups is 2. The molecule has 2 aromatic carbocycles. The van der Waals surface area contributed by atoms with Crippen molar-refractivity contribution in [1.82, 2.24) is 5.32 Å². The number of anilines is 1. The van der Waals surface area contributed by atoms with Gasteiger partial charge in [0.15, 0.2) is 0 Å². The molecule has 8 heteroatoms. The molecular weight excluding hydrogens is 424 g/mol. The van der Waals surface area contributed by atoms with E-state index in [0.717, 1.165) is 11.1 Å². The first-order valence-corrected chi connectivity index (χ1v) is 10.7. The highest BCUT2D eigenvalue weighted by Crippen LogP contribution is 2.33. The van der Waals surface area contributed by atoms with Crippen LogP contribution < -0.4 is 15.4 Å². The third kappa shape index (κ3) is 5.29. The zero-order valence-corrected chi connectivity index (χ0v) is 18.6. The van der Waals surface area contributed by atoms with Crippen molar-refractivity contribution in [1.29, 1.82) is 0 Å². The van der Waals surface area contributed by atoms with Crippen LogP contribution in [0.25, 0.3) is 0 Å². The lowest BCUT2D eigenvalue weighted by molar-refractivity contribution is -0.112. The normalized spacial score (nSPS) is 13.5. The second kappa shape index (κ2) is 9.91. The van der Waals surface area contributed by atoms with E-state index in [2.05, 4.69) is 10.6 Å². The van der Waals surface area contributed by atoms with Crippen LogP contribution in [0.2, 0.25) is 5.02 Å². The van der Waals surface area contributed by atoms with E-state index in [1.54, 1.807) is 13.0 Å². The number of methoxy groups -OCH3 is 1. The van der Waals surface area contributed by atoms with Crippen LogP contribution in [0, 0.1) is 6.92 Å². The van der Waals surface area contributed by atoms with E-state index in [1.165, 1.54) is 24.9 Å². The molecule has 0 aliphatic carbocycles. The quantitative estimate of drug-likeness (QED) is 0.682. The Morgan fingerprint density at radius 2 is 1.90 bits per heavy atom. The molecule has 1 aliphatic rings. The summed E-state index contributed by atoms with van der Waals surface area (Å²) in [5.41, 5.74) is 2.79. The first-order valence-electron chi connectivity index (χ1n) is 9.38. The van der Waals surface area contributed by atoms with Crippen LogP contribution in [0.15, 0.2) is 47.1 Å².